The smallest absolute Gasteiger partial charge is 0.165 e. The van der Waals surface area contributed by atoms with Gasteiger partial charge in [0.05, 0.1) is 7.11 Å². The van der Waals surface area contributed by atoms with Crippen LogP contribution in [0.1, 0.15) is 25.3 Å². The van der Waals surface area contributed by atoms with Crippen molar-refractivity contribution in [1.82, 2.24) is 0 Å². The number of benzene rings is 2. The Labute approximate surface area is 158 Å². The number of halogens is 3. The molecule has 1 nitrogen and oxygen atoms in total. The van der Waals surface area contributed by atoms with E-state index in [4.69, 9.17) is 4.74 Å². The van der Waals surface area contributed by atoms with Crippen molar-refractivity contribution < 1.29 is 17.9 Å². The quantitative estimate of drug-likeness (QED) is 0.571. The topological polar surface area (TPSA) is 9.23 Å². The van der Waals surface area contributed by atoms with Crippen molar-refractivity contribution in [3.8, 4) is 16.9 Å². The van der Waals surface area contributed by atoms with Crippen molar-refractivity contribution in [3.63, 3.8) is 0 Å². The molecule has 27 heavy (non-hydrogen) atoms. The molecular formula is C23H23F3O. The summed E-state index contributed by atoms with van der Waals surface area (Å²) in [6.45, 7) is 1.83. The molecule has 0 spiro atoms. The molecule has 0 radical (unpaired) electrons. The van der Waals surface area contributed by atoms with Crippen LogP contribution in [0.4, 0.5) is 13.2 Å². The molecule has 0 heterocycles. The molecule has 1 aliphatic carbocycles. The van der Waals surface area contributed by atoms with Gasteiger partial charge in [0, 0.05) is 0 Å². The lowest BCUT2D eigenvalue weighted by Crippen LogP contribution is -2.24. The van der Waals surface area contributed by atoms with Gasteiger partial charge >= 0.3 is 0 Å². The molecule has 0 fully saturated rings. The van der Waals surface area contributed by atoms with Gasteiger partial charge in [-0.25, -0.2) is 13.2 Å². The van der Waals surface area contributed by atoms with E-state index >= 15 is 0 Å². The zero-order valence-electron chi connectivity index (χ0n) is 15.5. The van der Waals surface area contributed by atoms with Crippen LogP contribution in [-0.2, 0) is 6.42 Å². The third kappa shape index (κ3) is 4.26. The molecule has 2 unspecified atom stereocenters. The molecule has 2 atom stereocenters. The van der Waals surface area contributed by atoms with Crippen LogP contribution in [-0.4, -0.2) is 19.5 Å². The molecular weight excluding hydrogens is 349 g/mol. The highest BCUT2D eigenvalue weighted by molar-refractivity contribution is 5.64. The predicted octanol–water partition coefficient (Wildman–Crippen LogP) is 6.39. The molecule has 0 aliphatic heterocycles. The summed E-state index contributed by atoms with van der Waals surface area (Å²) < 4.78 is 47.1. The van der Waals surface area contributed by atoms with Crippen LogP contribution in [0.15, 0.2) is 65.8 Å². The molecule has 0 saturated carbocycles. The van der Waals surface area contributed by atoms with Crippen LogP contribution in [0, 0.1) is 5.82 Å². The summed E-state index contributed by atoms with van der Waals surface area (Å²) in [6.07, 6.45) is 1.98. The minimum atomic E-state index is -1.55. The molecule has 1 aliphatic rings. The number of rotatable bonds is 6. The van der Waals surface area contributed by atoms with Crippen molar-refractivity contribution >= 4 is 0 Å². The molecule has 2 aromatic rings. The second-order valence-corrected chi connectivity index (χ2v) is 6.69. The number of allylic oxidation sites excluding steroid dienone is 4. The minimum absolute atomic E-state index is 0.211. The molecule has 0 amide bonds. The van der Waals surface area contributed by atoms with E-state index in [0.717, 1.165) is 16.7 Å². The highest BCUT2D eigenvalue weighted by Gasteiger charge is 2.29. The zero-order valence-corrected chi connectivity index (χ0v) is 15.5. The summed E-state index contributed by atoms with van der Waals surface area (Å²) in [5.41, 5.74) is 3.70. The van der Waals surface area contributed by atoms with Gasteiger partial charge in [0.2, 0.25) is 0 Å². The Bertz CT molecular complexity index is 852. The summed E-state index contributed by atoms with van der Waals surface area (Å²) in [5.74, 6) is -0.194. The fourth-order valence-electron chi connectivity index (χ4n) is 3.31. The molecule has 142 valence electrons. The highest BCUT2D eigenvalue weighted by atomic mass is 19.2. The van der Waals surface area contributed by atoms with Crippen LogP contribution in [0.5, 0.6) is 5.75 Å². The van der Waals surface area contributed by atoms with Gasteiger partial charge in [-0.05, 0) is 59.2 Å². The first-order chi connectivity index (χ1) is 13.0. The fourth-order valence-corrected chi connectivity index (χ4v) is 3.31. The van der Waals surface area contributed by atoms with E-state index in [-0.39, 0.29) is 5.75 Å². The maximum Gasteiger partial charge on any atom is 0.165 e. The van der Waals surface area contributed by atoms with Gasteiger partial charge in [0.25, 0.3) is 0 Å². The summed E-state index contributed by atoms with van der Waals surface area (Å²) in [4.78, 5) is 0. The summed E-state index contributed by atoms with van der Waals surface area (Å²) in [5, 5.41) is 0. The molecule has 3 rings (SSSR count). The number of alkyl halides is 2. The maximum atomic E-state index is 14.2. The van der Waals surface area contributed by atoms with Crippen molar-refractivity contribution in [2.45, 2.75) is 38.5 Å². The van der Waals surface area contributed by atoms with Crippen LogP contribution < -0.4 is 4.74 Å². The molecule has 2 aromatic carbocycles. The molecule has 0 N–H and O–H groups in total. The molecule has 0 bridgehead atoms. The SMILES string of the molecule is CCC1=CC=C(CCc2ccc(-c3ccc(OC)c(F)c3)cc2)C(F)C1F. The highest BCUT2D eigenvalue weighted by Crippen LogP contribution is 2.30. The van der Waals surface area contributed by atoms with Crippen LogP contribution in [0.25, 0.3) is 11.1 Å². The second-order valence-electron chi connectivity index (χ2n) is 6.69. The van der Waals surface area contributed by atoms with Gasteiger partial charge in [0.1, 0.15) is 0 Å². The Balaban J connectivity index is 1.67. The van der Waals surface area contributed by atoms with E-state index in [9.17, 15) is 13.2 Å². The van der Waals surface area contributed by atoms with Gasteiger partial charge in [-0.3, -0.25) is 0 Å². The Morgan fingerprint density at radius 1 is 0.852 bits per heavy atom. The Hall–Kier alpha value is -2.49. The summed E-state index contributed by atoms with van der Waals surface area (Å²) in [7, 11) is 1.43. The van der Waals surface area contributed by atoms with Gasteiger partial charge in [-0.1, -0.05) is 49.4 Å². The minimum Gasteiger partial charge on any atom is -0.494 e. The van der Waals surface area contributed by atoms with E-state index in [1.165, 1.54) is 13.2 Å². The average Bonchev–Trinajstić information content (AvgIpc) is 2.69. The number of hydrogen-bond donors (Lipinski definition) is 0. The lowest BCUT2D eigenvalue weighted by atomic mass is 9.89. The van der Waals surface area contributed by atoms with E-state index in [2.05, 4.69) is 0 Å². The first-order valence-electron chi connectivity index (χ1n) is 9.14. The third-order valence-electron chi connectivity index (χ3n) is 5.03. The number of methoxy groups -OCH3 is 1. The Morgan fingerprint density at radius 3 is 2.11 bits per heavy atom. The van der Waals surface area contributed by atoms with Crippen LogP contribution >= 0.6 is 0 Å². The van der Waals surface area contributed by atoms with Crippen molar-refractivity contribution in [1.29, 1.82) is 0 Å². The summed E-state index contributed by atoms with van der Waals surface area (Å²) >= 11 is 0. The monoisotopic (exact) mass is 372 g/mol. The standard InChI is InChI=1S/C23H23F3O/c1-3-16-10-11-18(23(26)22(16)25)9-6-15-4-7-17(8-5-15)19-12-13-21(27-2)20(24)14-19/h4-5,7-8,10-14,22-23H,3,6,9H2,1-2H3. The van der Waals surface area contributed by atoms with Gasteiger partial charge in [0.15, 0.2) is 23.9 Å². The first kappa shape index (κ1) is 19.3. The molecule has 0 aromatic heterocycles. The lowest BCUT2D eigenvalue weighted by molar-refractivity contribution is 0.216. The summed E-state index contributed by atoms with van der Waals surface area (Å²) in [6, 6.07) is 12.5. The van der Waals surface area contributed by atoms with Gasteiger partial charge in [-0.15, -0.1) is 0 Å². The second kappa shape index (κ2) is 8.47. The Morgan fingerprint density at radius 2 is 1.48 bits per heavy atom. The fraction of sp³-hybridized carbons (Fsp3) is 0.304. The number of ether oxygens (including phenoxy) is 1. The third-order valence-corrected chi connectivity index (χ3v) is 5.03. The van der Waals surface area contributed by atoms with Crippen molar-refractivity contribution in [2.24, 2.45) is 0 Å². The normalized spacial score (nSPS) is 19.4. The van der Waals surface area contributed by atoms with Crippen molar-refractivity contribution in [2.75, 3.05) is 7.11 Å². The average molecular weight is 372 g/mol. The van der Waals surface area contributed by atoms with E-state index in [0.29, 0.717) is 30.4 Å². The van der Waals surface area contributed by atoms with E-state index in [1.807, 2.05) is 31.2 Å². The maximum absolute atomic E-state index is 14.2. The predicted molar refractivity (Wildman–Crippen MR) is 103 cm³/mol. The van der Waals surface area contributed by atoms with Crippen LogP contribution in [0.2, 0.25) is 0 Å². The number of aryl methyl sites for hydroxylation is 1. The zero-order chi connectivity index (χ0) is 19.4. The van der Waals surface area contributed by atoms with Crippen molar-refractivity contribution in [3.05, 3.63) is 77.1 Å². The molecule has 4 heteroatoms. The molecule has 0 saturated heterocycles. The van der Waals surface area contributed by atoms with E-state index in [1.54, 1.807) is 24.3 Å². The largest absolute Gasteiger partial charge is 0.494 e. The number of hydrogen-bond acceptors (Lipinski definition) is 1. The van der Waals surface area contributed by atoms with Gasteiger partial charge < -0.3 is 4.74 Å². The van der Waals surface area contributed by atoms with Crippen LogP contribution in [0.3, 0.4) is 0 Å². The Kier molecular flexibility index (Phi) is 6.04. The van der Waals surface area contributed by atoms with Gasteiger partial charge in [-0.2, -0.15) is 0 Å². The van der Waals surface area contributed by atoms with E-state index < -0.39 is 18.2 Å². The first-order valence-corrected chi connectivity index (χ1v) is 9.14. The lowest BCUT2D eigenvalue weighted by Gasteiger charge is -2.22.